The number of ether oxygens (including phenoxy) is 2. The third-order valence-electron chi connectivity index (χ3n) is 4.18. The van der Waals surface area contributed by atoms with Gasteiger partial charge in [-0.25, -0.2) is 4.79 Å². The van der Waals surface area contributed by atoms with E-state index in [1.54, 1.807) is 7.11 Å². The van der Waals surface area contributed by atoms with Crippen molar-refractivity contribution in [1.82, 2.24) is 0 Å². The van der Waals surface area contributed by atoms with E-state index in [0.29, 0.717) is 0 Å². The molecule has 2 aromatic carbocycles. The van der Waals surface area contributed by atoms with Crippen molar-refractivity contribution in [2.75, 3.05) is 14.2 Å². The number of aliphatic imine (C=N–C) groups is 1. The molecule has 0 aromatic heterocycles. The lowest BCUT2D eigenvalue weighted by atomic mass is 9.89. The van der Waals surface area contributed by atoms with E-state index in [2.05, 4.69) is 4.99 Å². The van der Waals surface area contributed by atoms with Gasteiger partial charge in [0.1, 0.15) is 5.75 Å². The molecular formula is C19H19NO3. The van der Waals surface area contributed by atoms with E-state index in [1.807, 2.05) is 54.6 Å². The van der Waals surface area contributed by atoms with Crippen LogP contribution in [0.4, 0.5) is 0 Å². The Labute approximate surface area is 135 Å². The summed E-state index contributed by atoms with van der Waals surface area (Å²) in [5.74, 6) is 0.527. The van der Waals surface area contributed by atoms with Crippen molar-refractivity contribution in [2.45, 2.75) is 18.4 Å². The Morgan fingerprint density at radius 3 is 2.35 bits per heavy atom. The van der Waals surface area contributed by atoms with Crippen LogP contribution in [-0.2, 0) is 9.53 Å². The summed E-state index contributed by atoms with van der Waals surface area (Å²) in [4.78, 5) is 16.8. The highest BCUT2D eigenvalue weighted by Crippen LogP contribution is 2.34. The first kappa shape index (κ1) is 15.3. The Hall–Kier alpha value is -2.62. The van der Waals surface area contributed by atoms with Gasteiger partial charge in [-0.15, -0.1) is 0 Å². The molecule has 2 aromatic rings. The number of carbonyl (C=O) groups is 1. The van der Waals surface area contributed by atoms with Gasteiger partial charge in [0.05, 0.1) is 14.2 Å². The van der Waals surface area contributed by atoms with Crippen LogP contribution < -0.4 is 4.74 Å². The Balaban J connectivity index is 1.91. The van der Waals surface area contributed by atoms with Crippen LogP contribution in [0.15, 0.2) is 59.6 Å². The SMILES string of the molecule is COC(=O)[C@@H]1N=C(c2ccc(OC)cc2)C[C@@H]1c1ccccc1. The van der Waals surface area contributed by atoms with Gasteiger partial charge >= 0.3 is 5.97 Å². The zero-order valence-corrected chi connectivity index (χ0v) is 13.2. The minimum Gasteiger partial charge on any atom is -0.497 e. The van der Waals surface area contributed by atoms with Crippen LogP contribution in [0.25, 0.3) is 0 Å². The summed E-state index contributed by atoms with van der Waals surface area (Å²) < 4.78 is 10.1. The second kappa shape index (κ2) is 6.65. The molecule has 4 nitrogen and oxygen atoms in total. The first-order valence-electron chi connectivity index (χ1n) is 7.57. The summed E-state index contributed by atoms with van der Waals surface area (Å²) in [7, 11) is 3.05. The summed E-state index contributed by atoms with van der Waals surface area (Å²) >= 11 is 0. The molecule has 0 aliphatic carbocycles. The summed E-state index contributed by atoms with van der Waals surface area (Å²) in [5, 5.41) is 0. The van der Waals surface area contributed by atoms with E-state index in [1.165, 1.54) is 7.11 Å². The molecule has 0 radical (unpaired) electrons. The molecule has 1 aliphatic rings. The van der Waals surface area contributed by atoms with Gasteiger partial charge in [0.25, 0.3) is 0 Å². The van der Waals surface area contributed by atoms with E-state index in [9.17, 15) is 4.79 Å². The molecular weight excluding hydrogens is 290 g/mol. The van der Waals surface area contributed by atoms with Crippen LogP contribution in [0.3, 0.4) is 0 Å². The third-order valence-corrected chi connectivity index (χ3v) is 4.18. The van der Waals surface area contributed by atoms with Crippen molar-refractivity contribution >= 4 is 11.7 Å². The standard InChI is InChI=1S/C19H19NO3/c1-22-15-10-8-14(9-11-15)17-12-16(13-6-4-3-5-7-13)18(20-17)19(21)23-2/h3-11,16,18H,12H2,1-2H3/t16-,18-/m1/s1. The van der Waals surface area contributed by atoms with Crippen molar-refractivity contribution in [3.05, 3.63) is 65.7 Å². The van der Waals surface area contributed by atoms with Crippen molar-refractivity contribution in [1.29, 1.82) is 0 Å². The number of hydrogen-bond acceptors (Lipinski definition) is 4. The molecule has 118 valence electrons. The monoisotopic (exact) mass is 309 g/mol. The smallest absolute Gasteiger partial charge is 0.331 e. The lowest BCUT2D eigenvalue weighted by Gasteiger charge is -2.16. The molecule has 3 rings (SSSR count). The molecule has 0 saturated carbocycles. The normalized spacial score (nSPS) is 20.0. The van der Waals surface area contributed by atoms with Crippen LogP contribution >= 0.6 is 0 Å². The van der Waals surface area contributed by atoms with E-state index in [0.717, 1.165) is 29.0 Å². The van der Waals surface area contributed by atoms with Crippen LogP contribution in [0.1, 0.15) is 23.5 Å². The number of benzene rings is 2. The first-order valence-corrected chi connectivity index (χ1v) is 7.57. The highest BCUT2D eigenvalue weighted by molar-refractivity contribution is 6.04. The second-order valence-electron chi connectivity index (χ2n) is 5.49. The van der Waals surface area contributed by atoms with Gasteiger partial charge in [0, 0.05) is 11.6 Å². The zero-order valence-electron chi connectivity index (χ0n) is 13.2. The second-order valence-corrected chi connectivity index (χ2v) is 5.49. The van der Waals surface area contributed by atoms with E-state index in [4.69, 9.17) is 9.47 Å². The number of hydrogen-bond donors (Lipinski definition) is 0. The van der Waals surface area contributed by atoms with Crippen molar-refractivity contribution in [3.8, 4) is 5.75 Å². The average molecular weight is 309 g/mol. The number of methoxy groups -OCH3 is 2. The van der Waals surface area contributed by atoms with Gasteiger partial charge in [-0.3, -0.25) is 4.99 Å². The average Bonchev–Trinajstić information content (AvgIpc) is 3.07. The minimum atomic E-state index is -0.487. The van der Waals surface area contributed by atoms with Gasteiger partial charge in [0.2, 0.25) is 0 Å². The maximum Gasteiger partial charge on any atom is 0.331 e. The molecule has 0 bridgehead atoms. The zero-order chi connectivity index (χ0) is 16.2. The molecule has 0 fully saturated rings. The van der Waals surface area contributed by atoms with Gasteiger partial charge in [-0.05, 0) is 41.8 Å². The summed E-state index contributed by atoms with van der Waals surface area (Å²) in [6.07, 6.45) is 0.718. The van der Waals surface area contributed by atoms with Crippen LogP contribution in [0, 0.1) is 0 Å². The topological polar surface area (TPSA) is 47.9 Å². The molecule has 4 heteroatoms. The predicted octanol–water partition coefficient (Wildman–Crippen LogP) is 3.21. The lowest BCUT2D eigenvalue weighted by Crippen LogP contribution is -2.24. The third kappa shape index (κ3) is 3.11. The minimum absolute atomic E-state index is 0.0146. The highest BCUT2D eigenvalue weighted by atomic mass is 16.5. The van der Waals surface area contributed by atoms with Gasteiger partial charge in [0.15, 0.2) is 6.04 Å². The lowest BCUT2D eigenvalue weighted by molar-refractivity contribution is -0.142. The van der Waals surface area contributed by atoms with Gasteiger partial charge in [-0.2, -0.15) is 0 Å². The van der Waals surface area contributed by atoms with Crippen LogP contribution in [0.5, 0.6) is 5.75 Å². The molecule has 2 atom stereocenters. The molecule has 1 heterocycles. The largest absolute Gasteiger partial charge is 0.497 e. The molecule has 0 amide bonds. The number of esters is 1. The Morgan fingerprint density at radius 1 is 1.04 bits per heavy atom. The summed E-state index contributed by atoms with van der Waals surface area (Å²) in [5.41, 5.74) is 3.05. The molecule has 23 heavy (non-hydrogen) atoms. The Bertz CT molecular complexity index is 707. The first-order chi connectivity index (χ1) is 11.2. The van der Waals surface area contributed by atoms with E-state index >= 15 is 0 Å². The fourth-order valence-electron chi connectivity index (χ4n) is 2.94. The van der Waals surface area contributed by atoms with Crippen LogP contribution in [-0.4, -0.2) is 31.9 Å². The van der Waals surface area contributed by atoms with E-state index in [-0.39, 0.29) is 11.9 Å². The van der Waals surface area contributed by atoms with Crippen molar-refractivity contribution in [2.24, 2.45) is 4.99 Å². The summed E-state index contributed by atoms with van der Waals surface area (Å²) in [6.45, 7) is 0. The molecule has 0 unspecified atom stereocenters. The maximum absolute atomic E-state index is 12.1. The van der Waals surface area contributed by atoms with Crippen molar-refractivity contribution < 1.29 is 14.3 Å². The maximum atomic E-state index is 12.1. The highest BCUT2D eigenvalue weighted by Gasteiger charge is 2.36. The number of rotatable bonds is 4. The van der Waals surface area contributed by atoms with E-state index < -0.39 is 6.04 Å². The quantitative estimate of drug-likeness (QED) is 0.815. The fourth-order valence-corrected chi connectivity index (χ4v) is 2.94. The molecule has 0 N–H and O–H groups in total. The Morgan fingerprint density at radius 2 is 1.74 bits per heavy atom. The number of nitrogens with zero attached hydrogens (tertiary/aromatic N) is 1. The van der Waals surface area contributed by atoms with Crippen molar-refractivity contribution in [3.63, 3.8) is 0 Å². The molecule has 0 saturated heterocycles. The van der Waals surface area contributed by atoms with Gasteiger partial charge < -0.3 is 9.47 Å². The predicted molar refractivity (Wildman–Crippen MR) is 89.1 cm³/mol. The number of carbonyl (C=O) groups excluding carboxylic acids is 1. The van der Waals surface area contributed by atoms with Crippen LogP contribution in [0.2, 0.25) is 0 Å². The van der Waals surface area contributed by atoms with Gasteiger partial charge in [-0.1, -0.05) is 30.3 Å². The molecule has 1 aliphatic heterocycles. The summed E-state index contributed by atoms with van der Waals surface area (Å²) in [6, 6.07) is 17.3. The fraction of sp³-hybridized carbons (Fsp3) is 0.263. The Kier molecular flexibility index (Phi) is 4.42. The molecule has 0 spiro atoms.